The van der Waals surface area contributed by atoms with Crippen molar-refractivity contribution in [3.8, 4) is 0 Å². The van der Waals surface area contributed by atoms with Gasteiger partial charge < -0.3 is 14.6 Å². The minimum absolute atomic E-state index is 0.0442. The fourth-order valence-corrected chi connectivity index (χ4v) is 1.96. The maximum absolute atomic E-state index is 10.7. The molecular weight excluding hydrogens is 234 g/mol. The van der Waals surface area contributed by atoms with Gasteiger partial charge in [-0.05, 0) is 0 Å². The van der Waals surface area contributed by atoms with Crippen LogP contribution in [-0.4, -0.2) is 37.1 Å². The number of rotatable bonds is 2. The van der Waals surface area contributed by atoms with Gasteiger partial charge in [-0.2, -0.15) is 0 Å². The number of carboxylic acids is 1. The summed E-state index contributed by atoms with van der Waals surface area (Å²) >= 11 is 0. The van der Waals surface area contributed by atoms with Crippen LogP contribution < -0.4 is 4.90 Å². The minimum Gasteiger partial charge on any atom is -0.476 e. The Hall–Kier alpha value is -2.44. The lowest BCUT2D eigenvalue weighted by Gasteiger charge is -2.28. The predicted octanol–water partition coefficient (Wildman–Crippen LogP) is 0.391. The lowest BCUT2D eigenvalue weighted by atomic mass is 10.3. The van der Waals surface area contributed by atoms with Crippen molar-refractivity contribution >= 4 is 11.8 Å². The molecule has 92 valence electrons. The van der Waals surface area contributed by atoms with Gasteiger partial charge in [0, 0.05) is 25.5 Å². The second-order valence-corrected chi connectivity index (χ2v) is 4.02. The Morgan fingerprint density at radius 3 is 2.83 bits per heavy atom. The molecule has 0 aromatic carbocycles. The van der Waals surface area contributed by atoms with Crippen molar-refractivity contribution in [1.82, 2.24) is 19.5 Å². The molecule has 3 heterocycles. The van der Waals surface area contributed by atoms with Crippen molar-refractivity contribution in [2.24, 2.45) is 0 Å². The molecule has 0 unspecified atom stereocenters. The zero-order valence-electron chi connectivity index (χ0n) is 9.52. The Morgan fingerprint density at radius 1 is 1.22 bits per heavy atom. The monoisotopic (exact) mass is 245 g/mol. The number of hydrogen-bond donors (Lipinski definition) is 1. The molecule has 0 spiro atoms. The summed E-state index contributed by atoms with van der Waals surface area (Å²) in [7, 11) is 0. The molecule has 0 fully saturated rings. The van der Waals surface area contributed by atoms with Gasteiger partial charge in [0.05, 0.1) is 18.9 Å². The largest absolute Gasteiger partial charge is 0.476 e. The first kappa shape index (κ1) is 10.7. The Labute approximate surface area is 103 Å². The van der Waals surface area contributed by atoms with E-state index in [0.717, 1.165) is 18.9 Å². The number of hydrogen-bond acceptors (Lipinski definition) is 5. The Morgan fingerprint density at radius 2 is 2.11 bits per heavy atom. The standard InChI is InChI=1S/C11H11N5O2/c17-11(18)8-5-14-9(6-13-8)16-4-3-15-2-1-12-10(15)7-16/h1-2,5-6H,3-4,7H2,(H,17,18). The van der Waals surface area contributed by atoms with E-state index in [4.69, 9.17) is 5.11 Å². The average Bonchev–Trinajstić information content (AvgIpc) is 2.86. The van der Waals surface area contributed by atoms with Crippen molar-refractivity contribution in [2.45, 2.75) is 13.1 Å². The highest BCUT2D eigenvalue weighted by molar-refractivity contribution is 5.84. The Kier molecular flexibility index (Phi) is 2.44. The summed E-state index contributed by atoms with van der Waals surface area (Å²) in [5.74, 6) is 0.586. The summed E-state index contributed by atoms with van der Waals surface area (Å²) in [4.78, 5) is 25.0. The van der Waals surface area contributed by atoms with Crippen LogP contribution in [0.3, 0.4) is 0 Å². The summed E-state index contributed by atoms with van der Waals surface area (Å²) in [6, 6.07) is 0. The van der Waals surface area contributed by atoms with Gasteiger partial charge in [0.15, 0.2) is 5.69 Å². The molecule has 1 aliphatic heterocycles. The molecule has 0 bridgehead atoms. The van der Waals surface area contributed by atoms with Crippen molar-refractivity contribution in [3.05, 3.63) is 36.3 Å². The van der Waals surface area contributed by atoms with Gasteiger partial charge in [0.1, 0.15) is 11.6 Å². The quantitative estimate of drug-likeness (QED) is 0.824. The van der Waals surface area contributed by atoms with E-state index in [9.17, 15) is 4.79 Å². The first-order valence-corrected chi connectivity index (χ1v) is 5.54. The third-order valence-corrected chi connectivity index (χ3v) is 2.93. The fraction of sp³-hybridized carbons (Fsp3) is 0.273. The topological polar surface area (TPSA) is 84.1 Å². The van der Waals surface area contributed by atoms with Crippen LogP contribution in [-0.2, 0) is 13.1 Å². The molecule has 0 saturated carbocycles. The predicted molar refractivity (Wildman–Crippen MR) is 62.3 cm³/mol. The minimum atomic E-state index is -1.07. The Bertz CT molecular complexity index is 577. The van der Waals surface area contributed by atoms with E-state index in [1.54, 1.807) is 6.20 Å². The summed E-state index contributed by atoms with van der Waals surface area (Å²) in [6.45, 7) is 2.32. The number of aromatic nitrogens is 4. The second kappa shape index (κ2) is 4.10. The van der Waals surface area contributed by atoms with E-state index in [1.165, 1.54) is 12.4 Å². The van der Waals surface area contributed by atoms with E-state index in [-0.39, 0.29) is 5.69 Å². The smallest absolute Gasteiger partial charge is 0.356 e. The highest BCUT2D eigenvalue weighted by Crippen LogP contribution is 2.16. The number of carboxylic acid groups (broad SMARTS) is 1. The van der Waals surface area contributed by atoms with Gasteiger partial charge in [-0.25, -0.2) is 19.7 Å². The van der Waals surface area contributed by atoms with Crippen molar-refractivity contribution in [2.75, 3.05) is 11.4 Å². The number of fused-ring (bicyclic) bond motifs is 1. The van der Waals surface area contributed by atoms with Crippen LogP contribution in [0.2, 0.25) is 0 Å². The van der Waals surface area contributed by atoms with Crippen LogP contribution in [0.1, 0.15) is 16.3 Å². The zero-order valence-corrected chi connectivity index (χ0v) is 9.52. The fourth-order valence-electron chi connectivity index (χ4n) is 1.96. The Balaban J connectivity index is 1.82. The molecule has 2 aromatic rings. The summed E-state index contributed by atoms with van der Waals surface area (Å²) in [5.41, 5.74) is -0.0442. The normalized spacial score (nSPS) is 14.3. The molecule has 0 atom stereocenters. The van der Waals surface area contributed by atoms with E-state index in [2.05, 4.69) is 19.5 Å². The zero-order chi connectivity index (χ0) is 12.5. The van der Waals surface area contributed by atoms with E-state index in [1.807, 2.05) is 11.1 Å². The van der Waals surface area contributed by atoms with Crippen LogP contribution in [0.15, 0.2) is 24.8 Å². The lowest BCUT2D eigenvalue weighted by Crippen LogP contribution is -2.34. The number of anilines is 1. The molecule has 0 saturated heterocycles. The van der Waals surface area contributed by atoms with Crippen molar-refractivity contribution in [3.63, 3.8) is 0 Å². The van der Waals surface area contributed by atoms with Crippen LogP contribution >= 0.6 is 0 Å². The molecule has 2 aromatic heterocycles. The summed E-state index contributed by atoms with van der Waals surface area (Å²) in [6.07, 6.45) is 6.49. The molecular formula is C11H11N5O2. The van der Waals surface area contributed by atoms with E-state index >= 15 is 0 Å². The van der Waals surface area contributed by atoms with Crippen LogP contribution in [0.25, 0.3) is 0 Å². The molecule has 1 N–H and O–H groups in total. The third-order valence-electron chi connectivity index (χ3n) is 2.93. The summed E-state index contributed by atoms with van der Waals surface area (Å²) in [5, 5.41) is 8.76. The molecule has 3 rings (SSSR count). The van der Waals surface area contributed by atoms with Crippen molar-refractivity contribution in [1.29, 1.82) is 0 Å². The van der Waals surface area contributed by atoms with Crippen molar-refractivity contribution < 1.29 is 9.90 Å². The number of carbonyl (C=O) groups is 1. The lowest BCUT2D eigenvalue weighted by molar-refractivity contribution is 0.0690. The molecule has 18 heavy (non-hydrogen) atoms. The number of imidazole rings is 1. The van der Waals surface area contributed by atoms with Gasteiger partial charge >= 0.3 is 5.97 Å². The van der Waals surface area contributed by atoms with Gasteiger partial charge in [0.2, 0.25) is 0 Å². The SMILES string of the molecule is O=C(O)c1cnc(N2CCn3ccnc3C2)cn1. The average molecular weight is 245 g/mol. The van der Waals surface area contributed by atoms with Gasteiger partial charge in [-0.15, -0.1) is 0 Å². The van der Waals surface area contributed by atoms with Crippen LogP contribution in [0.5, 0.6) is 0 Å². The first-order valence-electron chi connectivity index (χ1n) is 5.54. The molecule has 7 heteroatoms. The molecule has 1 aliphatic rings. The highest BCUT2D eigenvalue weighted by atomic mass is 16.4. The van der Waals surface area contributed by atoms with Gasteiger partial charge in [-0.3, -0.25) is 0 Å². The third kappa shape index (κ3) is 1.79. The second-order valence-electron chi connectivity index (χ2n) is 4.02. The van der Waals surface area contributed by atoms with Crippen LogP contribution in [0, 0.1) is 0 Å². The highest BCUT2D eigenvalue weighted by Gasteiger charge is 2.18. The number of aromatic carboxylic acids is 1. The van der Waals surface area contributed by atoms with Crippen LogP contribution in [0.4, 0.5) is 5.82 Å². The molecule has 0 amide bonds. The maximum atomic E-state index is 10.7. The summed E-state index contributed by atoms with van der Waals surface area (Å²) < 4.78 is 2.09. The molecule has 7 nitrogen and oxygen atoms in total. The maximum Gasteiger partial charge on any atom is 0.356 e. The molecule has 0 aliphatic carbocycles. The van der Waals surface area contributed by atoms with Gasteiger partial charge in [-0.1, -0.05) is 0 Å². The van der Waals surface area contributed by atoms with Gasteiger partial charge in [0.25, 0.3) is 0 Å². The first-order chi connectivity index (χ1) is 8.74. The number of nitrogens with zero attached hydrogens (tertiary/aromatic N) is 5. The van der Waals surface area contributed by atoms with E-state index < -0.39 is 5.97 Å². The molecule has 0 radical (unpaired) electrons. The van der Waals surface area contributed by atoms with E-state index in [0.29, 0.717) is 12.4 Å².